The number of carbonyl (C=O) groups is 1. The van der Waals surface area contributed by atoms with Crippen molar-refractivity contribution in [3.63, 3.8) is 0 Å². The molecule has 1 aromatic heterocycles. The monoisotopic (exact) mass is 409 g/mol. The zero-order valence-corrected chi connectivity index (χ0v) is 16.7. The summed E-state index contributed by atoms with van der Waals surface area (Å²) in [5.74, 6) is -1.62. The molecule has 0 amide bonds. The molecule has 1 atom stereocenters. The van der Waals surface area contributed by atoms with E-state index in [0.29, 0.717) is 11.2 Å². The fourth-order valence-electron chi connectivity index (χ4n) is 3.31. The summed E-state index contributed by atoms with van der Waals surface area (Å²) in [4.78, 5) is 11.3. The molecule has 6 nitrogen and oxygen atoms in total. The molecule has 29 heavy (non-hydrogen) atoms. The summed E-state index contributed by atoms with van der Waals surface area (Å²) in [5.41, 5.74) is 6.18. The Bertz CT molecular complexity index is 1340. The third-order valence-corrected chi connectivity index (χ3v) is 6.32. The highest BCUT2D eigenvalue weighted by molar-refractivity contribution is 7.89. The van der Waals surface area contributed by atoms with Gasteiger partial charge in [-0.25, -0.2) is 8.42 Å². The van der Waals surface area contributed by atoms with Crippen LogP contribution in [0, 0.1) is 5.92 Å². The molecule has 148 valence electrons. The van der Waals surface area contributed by atoms with E-state index < -0.39 is 28.0 Å². The Balaban J connectivity index is 1.76. The molecular weight excluding hydrogens is 390 g/mol. The molecule has 2 aromatic carbocycles. The lowest BCUT2D eigenvalue weighted by Crippen LogP contribution is -2.44. The van der Waals surface area contributed by atoms with Gasteiger partial charge in [0, 0.05) is 22.4 Å². The van der Waals surface area contributed by atoms with E-state index >= 15 is 0 Å². The van der Waals surface area contributed by atoms with Crippen LogP contribution >= 0.6 is 0 Å². The highest BCUT2D eigenvalue weighted by Gasteiger charge is 2.28. The average molecular weight is 409 g/mol. The minimum atomic E-state index is -4.02. The van der Waals surface area contributed by atoms with Crippen LogP contribution in [0.25, 0.3) is 27.5 Å². The van der Waals surface area contributed by atoms with E-state index in [9.17, 15) is 18.3 Å². The molecule has 0 saturated heterocycles. The molecule has 1 aliphatic rings. The van der Waals surface area contributed by atoms with E-state index in [-0.39, 0.29) is 4.90 Å². The maximum absolute atomic E-state index is 12.7. The van der Waals surface area contributed by atoms with E-state index in [1.807, 2.05) is 36.4 Å². The maximum atomic E-state index is 12.7. The van der Waals surface area contributed by atoms with Crippen molar-refractivity contribution < 1.29 is 22.7 Å². The lowest BCUT2D eigenvalue weighted by atomic mass is 10.0. The summed E-state index contributed by atoms with van der Waals surface area (Å²) in [6.07, 6.45) is 5.73. The van der Waals surface area contributed by atoms with Crippen LogP contribution in [0.2, 0.25) is 0 Å². The van der Waals surface area contributed by atoms with E-state index in [0.717, 1.165) is 21.9 Å². The number of aliphatic carboxylic acids is 1. The second-order valence-electron chi connectivity index (χ2n) is 7.24. The minimum absolute atomic E-state index is 0.0412. The van der Waals surface area contributed by atoms with Crippen molar-refractivity contribution in [2.75, 3.05) is 0 Å². The van der Waals surface area contributed by atoms with Gasteiger partial charge in [-0.2, -0.15) is 4.72 Å². The summed E-state index contributed by atoms with van der Waals surface area (Å²) in [6.45, 7) is 3.29. The Morgan fingerprint density at radius 1 is 1.10 bits per heavy atom. The van der Waals surface area contributed by atoms with Crippen molar-refractivity contribution in [1.82, 2.24) is 4.72 Å². The van der Waals surface area contributed by atoms with Gasteiger partial charge in [-0.1, -0.05) is 26.0 Å². The number of hydrogen-bond donors (Lipinski definition) is 2. The van der Waals surface area contributed by atoms with Crippen LogP contribution < -0.4 is 4.72 Å². The minimum Gasteiger partial charge on any atom is -0.480 e. The Morgan fingerprint density at radius 2 is 1.90 bits per heavy atom. The Hall–Kier alpha value is -3.12. The van der Waals surface area contributed by atoms with Crippen LogP contribution in [-0.4, -0.2) is 25.5 Å². The number of rotatable bonds is 6. The highest BCUT2D eigenvalue weighted by Crippen LogP contribution is 2.33. The van der Waals surface area contributed by atoms with Crippen LogP contribution in [0.4, 0.5) is 0 Å². The fourth-order valence-corrected chi connectivity index (χ4v) is 4.66. The Labute approximate surface area is 167 Å². The molecule has 0 aliphatic heterocycles. The number of benzene rings is 2. The molecule has 0 radical (unpaired) electrons. The predicted molar refractivity (Wildman–Crippen MR) is 111 cm³/mol. The lowest BCUT2D eigenvalue weighted by molar-refractivity contribution is -0.140. The number of sulfonamides is 1. The zero-order chi connectivity index (χ0) is 20.8. The van der Waals surface area contributed by atoms with Gasteiger partial charge in [0.1, 0.15) is 17.2 Å². The quantitative estimate of drug-likeness (QED) is 0.598. The second kappa shape index (κ2) is 7.04. The normalized spacial score (nSPS) is 14.8. The molecule has 0 saturated carbocycles. The summed E-state index contributed by atoms with van der Waals surface area (Å²) in [7, 11) is -4.02. The number of fused-ring (bicyclic) bond motifs is 3. The SMILES string of the molecule is CC(C)C(NS(=O)(=O)c1ccc2c(c1)oc1ccc(C3=C=CC=C3)cc12)C(=O)O. The van der Waals surface area contributed by atoms with Gasteiger partial charge in [0.05, 0.1) is 4.90 Å². The van der Waals surface area contributed by atoms with Gasteiger partial charge in [-0.05, 0) is 47.9 Å². The topological polar surface area (TPSA) is 96.6 Å². The van der Waals surface area contributed by atoms with Crippen LogP contribution in [0.15, 0.2) is 69.7 Å². The van der Waals surface area contributed by atoms with Crippen LogP contribution in [-0.2, 0) is 14.8 Å². The van der Waals surface area contributed by atoms with Gasteiger partial charge in [0.15, 0.2) is 0 Å². The predicted octanol–water partition coefficient (Wildman–Crippen LogP) is 4.08. The molecule has 1 heterocycles. The first-order valence-corrected chi connectivity index (χ1v) is 10.6. The number of hydrogen-bond acceptors (Lipinski definition) is 4. The van der Waals surface area contributed by atoms with Gasteiger partial charge in [0.2, 0.25) is 10.0 Å². The van der Waals surface area contributed by atoms with Gasteiger partial charge >= 0.3 is 5.97 Å². The molecular formula is C22H19NO5S. The largest absolute Gasteiger partial charge is 0.480 e. The van der Waals surface area contributed by atoms with E-state index in [2.05, 4.69) is 10.5 Å². The van der Waals surface area contributed by atoms with Crippen molar-refractivity contribution in [2.24, 2.45) is 5.92 Å². The van der Waals surface area contributed by atoms with Gasteiger partial charge in [-0.3, -0.25) is 4.79 Å². The van der Waals surface area contributed by atoms with E-state index in [4.69, 9.17) is 4.42 Å². The maximum Gasteiger partial charge on any atom is 0.322 e. The number of furan rings is 1. The third kappa shape index (κ3) is 3.51. The van der Waals surface area contributed by atoms with Crippen LogP contribution in [0.5, 0.6) is 0 Å². The van der Waals surface area contributed by atoms with Gasteiger partial charge < -0.3 is 9.52 Å². The molecule has 3 aromatic rings. The van der Waals surface area contributed by atoms with Crippen molar-refractivity contribution in [1.29, 1.82) is 0 Å². The number of carboxylic acids is 1. The second-order valence-corrected chi connectivity index (χ2v) is 8.95. The van der Waals surface area contributed by atoms with E-state index in [1.165, 1.54) is 12.1 Å². The third-order valence-electron chi connectivity index (χ3n) is 4.88. The lowest BCUT2D eigenvalue weighted by Gasteiger charge is -2.17. The summed E-state index contributed by atoms with van der Waals surface area (Å²) in [6, 6.07) is 9.10. The van der Waals surface area contributed by atoms with Crippen molar-refractivity contribution in [3.8, 4) is 0 Å². The van der Waals surface area contributed by atoms with Crippen LogP contribution in [0.1, 0.15) is 19.4 Å². The molecule has 0 bridgehead atoms. The highest BCUT2D eigenvalue weighted by atomic mass is 32.2. The standard InChI is InChI=1S/C22H19NO5S/c1-13(2)21(22(24)25)23-29(26,27)16-8-9-17-18-11-15(14-5-3-4-6-14)7-10-19(18)28-20(17)12-16/h3-5,7-13,21,23H,1-2H3,(H,24,25). The molecule has 7 heteroatoms. The van der Waals surface area contributed by atoms with Gasteiger partial charge in [-0.15, -0.1) is 5.73 Å². The van der Waals surface area contributed by atoms with Crippen molar-refractivity contribution in [3.05, 3.63) is 65.9 Å². The first-order chi connectivity index (χ1) is 13.8. The number of allylic oxidation sites excluding steroid dienone is 3. The van der Waals surface area contributed by atoms with Crippen molar-refractivity contribution >= 4 is 43.5 Å². The summed E-state index contributed by atoms with van der Waals surface area (Å²) < 4.78 is 33.5. The smallest absolute Gasteiger partial charge is 0.322 e. The fraction of sp³-hybridized carbons (Fsp3) is 0.182. The van der Waals surface area contributed by atoms with Crippen molar-refractivity contribution in [2.45, 2.75) is 24.8 Å². The van der Waals surface area contributed by atoms with E-state index in [1.54, 1.807) is 19.9 Å². The Morgan fingerprint density at radius 3 is 2.55 bits per heavy atom. The summed E-state index contributed by atoms with van der Waals surface area (Å²) >= 11 is 0. The summed E-state index contributed by atoms with van der Waals surface area (Å²) in [5, 5.41) is 10.9. The first-order valence-electron chi connectivity index (χ1n) is 9.11. The molecule has 1 aliphatic carbocycles. The molecule has 2 N–H and O–H groups in total. The molecule has 0 spiro atoms. The Kier molecular flexibility index (Phi) is 4.67. The average Bonchev–Trinajstić information content (AvgIpc) is 3.32. The van der Waals surface area contributed by atoms with Gasteiger partial charge in [0.25, 0.3) is 0 Å². The number of carboxylic acid groups (broad SMARTS) is 1. The molecule has 1 unspecified atom stereocenters. The molecule has 4 rings (SSSR count). The zero-order valence-electron chi connectivity index (χ0n) is 15.8. The van der Waals surface area contributed by atoms with Crippen LogP contribution in [0.3, 0.4) is 0 Å². The molecule has 0 fully saturated rings. The first kappa shape index (κ1) is 19.2. The number of nitrogens with one attached hydrogen (secondary N) is 1.